The molecule has 7 heteroatoms. The second-order valence-electron chi connectivity index (χ2n) is 5.93. The number of halogens is 1. The van der Waals surface area contributed by atoms with Crippen molar-refractivity contribution in [3.8, 4) is 0 Å². The van der Waals surface area contributed by atoms with Crippen LogP contribution in [0, 0.1) is 12.7 Å². The summed E-state index contributed by atoms with van der Waals surface area (Å²) in [5, 5.41) is 9.17. The van der Waals surface area contributed by atoms with Gasteiger partial charge in [0.2, 0.25) is 11.8 Å². The van der Waals surface area contributed by atoms with Gasteiger partial charge < -0.3 is 10.6 Å². The molecule has 0 aliphatic rings. The van der Waals surface area contributed by atoms with E-state index in [-0.39, 0.29) is 42.8 Å². The van der Waals surface area contributed by atoms with Gasteiger partial charge in [-0.15, -0.1) is 0 Å². The van der Waals surface area contributed by atoms with Gasteiger partial charge in [-0.2, -0.15) is 5.10 Å². The molecular formula is C14H23FN4O2. The van der Waals surface area contributed by atoms with Gasteiger partial charge in [0, 0.05) is 25.4 Å². The molecule has 0 spiro atoms. The van der Waals surface area contributed by atoms with Gasteiger partial charge >= 0.3 is 0 Å². The fourth-order valence-electron chi connectivity index (χ4n) is 2.02. The molecule has 1 aromatic rings. The summed E-state index contributed by atoms with van der Waals surface area (Å²) in [5.41, 5.74) is 0.229. The van der Waals surface area contributed by atoms with Gasteiger partial charge in [-0.25, -0.2) is 4.39 Å². The predicted octanol–water partition coefficient (Wildman–Crippen LogP) is 0.880. The Balaban J connectivity index is 2.73. The van der Waals surface area contributed by atoms with E-state index < -0.39 is 5.41 Å². The minimum atomic E-state index is -0.451. The van der Waals surface area contributed by atoms with Crippen molar-refractivity contribution in [1.29, 1.82) is 0 Å². The molecule has 0 atom stereocenters. The molecule has 0 aliphatic heterocycles. The van der Waals surface area contributed by atoms with Crippen LogP contribution in [0.3, 0.4) is 0 Å². The van der Waals surface area contributed by atoms with Crippen LogP contribution in [0.15, 0.2) is 0 Å². The summed E-state index contributed by atoms with van der Waals surface area (Å²) in [6, 6.07) is 0. The normalized spacial score (nSPS) is 11.3. The fourth-order valence-corrected chi connectivity index (χ4v) is 2.02. The smallest absolute Gasteiger partial charge is 0.241 e. The maximum absolute atomic E-state index is 14.1. The number of aryl methyl sites for hydroxylation is 1. The molecular weight excluding hydrogens is 275 g/mol. The van der Waals surface area contributed by atoms with Crippen LogP contribution in [0.25, 0.3) is 0 Å². The number of aromatic nitrogens is 2. The summed E-state index contributed by atoms with van der Waals surface area (Å²) in [6.07, 6.45) is 0.209. The Bertz CT molecular complexity index is 532. The number of rotatable bonds is 5. The van der Waals surface area contributed by atoms with E-state index in [0.29, 0.717) is 5.69 Å². The maximum Gasteiger partial charge on any atom is 0.241 e. The van der Waals surface area contributed by atoms with Crippen molar-refractivity contribution in [2.75, 3.05) is 13.6 Å². The highest BCUT2D eigenvalue weighted by atomic mass is 19.1. The van der Waals surface area contributed by atoms with Crippen molar-refractivity contribution in [2.24, 2.45) is 0 Å². The van der Waals surface area contributed by atoms with Crippen LogP contribution >= 0.6 is 0 Å². The number of nitrogens with zero attached hydrogens (tertiary/aromatic N) is 2. The number of hydrogen-bond acceptors (Lipinski definition) is 3. The van der Waals surface area contributed by atoms with Gasteiger partial charge in [0.1, 0.15) is 6.54 Å². The Kier molecular flexibility index (Phi) is 5.46. The predicted molar refractivity (Wildman–Crippen MR) is 77.3 cm³/mol. The third kappa shape index (κ3) is 4.54. The van der Waals surface area contributed by atoms with Gasteiger partial charge in [0.05, 0.1) is 11.4 Å². The molecule has 118 valence electrons. The second kappa shape index (κ2) is 6.69. The van der Waals surface area contributed by atoms with Crippen molar-refractivity contribution >= 4 is 11.8 Å². The lowest BCUT2D eigenvalue weighted by Gasteiger charge is -2.20. The number of carbonyl (C=O) groups is 2. The van der Waals surface area contributed by atoms with E-state index in [1.807, 2.05) is 20.8 Å². The molecule has 0 saturated heterocycles. The van der Waals surface area contributed by atoms with E-state index in [2.05, 4.69) is 15.7 Å². The van der Waals surface area contributed by atoms with E-state index >= 15 is 0 Å². The number of hydrogen-bond donors (Lipinski definition) is 2. The standard InChI is InChI=1S/C14H23FN4O2/c1-9-12(15)13(14(2,3)4)19(18-9)8-11(21)17-7-6-10(20)16-5/h6-8H2,1-5H3,(H,16,20)(H,17,21). The second-order valence-corrected chi connectivity index (χ2v) is 5.93. The van der Waals surface area contributed by atoms with Gasteiger partial charge in [0.15, 0.2) is 5.82 Å². The van der Waals surface area contributed by atoms with Crippen molar-refractivity contribution in [2.45, 2.75) is 46.1 Å². The van der Waals surface area contributed by atoms with Gasteiger partial charge in [-0.3, -0.25) is 14.3 Å². The summed E-state index contributed by atoms with van der Waals surface area (Å²) >= 11 is 0. The molecule has 2 N–H and O–H groups in total. The highest BCUT2D eigenvalue weighted by Crippen LogP contribution is 2.26. The van der Waals surface area contributed by atoms with Crippen LogP contribution in [0.4, 0.5) is 4.39 Å². The average molecular weight is 298 g/mol. The minimum absolute atomic E-state index is 0.0644. The van der Waals surface area contributed by atoms with E-state index in [1.54, 1.807) is 6.92 Å². The highest BCUT2D eigenvalue weighted by Gasteiger charge is 2.27. The summed E-state index contributed by atoms with van der Waals surface area (Å²) in [6.45, 7) is 7.35. The van der Waals surface area contributed by atoms with Crippen LogP contribution in [0.1, 0.15) is 38.6 Å². The first-order chi connectivity index (χ1) is 9.66. The van der Waals surface area contributed by atoms with Crippen molar-refractivity contribution in [1.82, 2.24) is 20.4 Å². The van der Waals surface area contributed by atoms with Crippen LogP contribution < -0.4 is 10.6 Å². The molecule has 0 aromatic carbocycles. The molecule has 0 radical (unpaired) electrons. The topological polar surface area (TPSA) is 76.0 Å². The summed E-state index contributed by atoms with van der Waals surface area (Å²) in [4.78, 5) is 22.9. The first-order valence-electron chi connectivity index (χ1n) is 6.87. The molecule has 0 aliphatic carbocycles. The van der Waals surface area contributed by atoms with Crippen molar-refractivity contribution < 1.29 is 14.0 Å². The third-order valence-corrected chi connectivity index (χ3v) is 3.01. The van der Waals surface area contributed by atoms with Crippen LogP contribution in [-0.4, -0.2) is 35.2 Å². The molecule has 1 aromatic heterocycles. The molecule has 2 amide bonds. The highest BCUT2D eigenvalue weighted by molar-refractivity contribution is 5.78. The SMILES string of the molecule is CNC(=O)CCNC(=O)Cn1nc(C)c(F)c1C(C)(C)C. The molecule has 1 rings (SSSR count). The molecule has 0 fully saturated rings. The zero-order chi connectivity index (χ0) is 16.2. The van der Waals surface area contributed by atoms with Gasteiger partial charge in [0.25, 0.3) is 0 Å². The Morgan fingerprint density at radius 1 is 1.29 bits per heavy atom. The van der Waals surface area contributed by atoms with Crippen molar-refractivity contribution in [3.05, 3.63) is 17.2 Å². The zero-order valence-electron chi connectivity index (χ0n) is 13.2. The van der Waals surface area contributed by atoms with E-state index in [9.17, 15) is 14.0 Å². The number of amides is 2. The fraction of sp³-hybridized carbons (Fsp3) is 0.643. The third-order valence-electron chi connectivity index (χ3n) is 3.01. The van der Waals surface area contributed by atoms with Gasteiger partial charge in [-0.05, 0) is 6.92 Å². The lowest BCUT2D eigenvalue weighted by atomic mass is 9.91. The first kappa shape index (κ1) is 17.1. The quantitative estimate of drug-likeness (QED) is 0.847. The Morgan fingerprint density at radius 3 is 2.43 bits per heavy atom. The summed E-state index contributed by atoms with van der Waals surface area (Å²) < 4.78 is 15.5. The molecule has 1 heterocycles. The van der Waals surface area contributed by atoms with Crippen LogP contribution in [-0.2, 0) is 21.5 Å². The van der Waals surface area contributed by atoms with Crippen molar-refractivity contribution in [3.63, 3.8) is 0 Å². The lowest BCUT2D eigenvalue weighted by Crippen LogP contribution is -2.33. The maximum atomic E-state index is 14.1. The van der Waals surface area contributed by atoms with E-state index in [1.165, 1.54) is 11.7 Å². The zero-order valence-corrected chi connectivity index (χ0v) is 13.2. The summed E-state index contributed by atoms with van der Waals surface area (Å²) in [5.74, 6) is -0.820. The molecule has 21 heavy (non-hydrogen) atoms. The van der Waals surface area contributed by atoms with E-state index in [4.69, 9.17) is 0 Å². The molecule has 0 saturated carbocycles. The largest absolute Gasteiger partial charge is 0.359 e. The minimum Gasteiger partial charge on any atom is -0.359 e. The van der Waals surface area contributed by atoms with Crippen LogP contribution in [0.5, 0.6) is 0 Å². The molecule has 0 bridgehead atoms. The Morgan fingerprint density at radius 2 is 1.90 bits per heavy atom. The number of carbonyl (C=O) groups excluding carboxylic acids is 2. The average Bonchev–Trinajstić information content (AvgIpc) is 2.63. The Hall–Kier alpha value is -1.92. The first-order valence-corrected chi connectivity index (χ1v) is 6.87. The van der Waals surface area contributed by atoms with E-state index in [0.717, 1.165) is 0 Å². The molecule has 0 unspecified atom stereocenters. The monoisotopic (exact) mass is 298 g/mol. The summed E-state index contributed by atoms with van der Waals surface area (Å²) in [7, 11) is 1.54. The van der Waals surface area contributed by atoms with Crippen LogP contribution in [0.2, 0.25) is 0 Å². The Labute approximate surface area is 124 Å². The molecule has 6 nitrogen and oxygen atoms in total. The number of nitrogens with one attached hydrogen (secondary N) is 2. The van der Waals surface area contributed by atoms with Gasteiger partial charge in [-0.1, -0.05) is 20.8 Å². The lowest BCUT2D eigenvalue weighted by molar-refractivity contribution is -0.122.